The van der Waals surface area contributed by atoms with E-state index in [1.807, 2.05) is 24.3 Å². The summed E-state index contributed by atoms with van der Waals surface area (Å²) in [7, 11) is 1.65. The number of nitrogens with two attached hydrogens (primary N) is 1. The van der Waals surface area contributed by atoms with Gasteiger partial charge >= 0.3 is 0 Å². The normalized spacial score (nSPS) is 20.1. The summed E-state index contributed by atoms with van der Waals surface area (Å²) in [4.78, 5) is 0. The van der Waals surface area contributed by atoms with Gasteiger partial charge in [0.2, 0.25) is 0 Å². The van der Waals surface area contributed by atoms with Crippen molar-refractivity contribution in [1.29, 1.82) is 0 Å². The summed E-state index contributed by atoms with van der Waals surface area (Å²) in [5, 5.41) is 4.61. The number of nitrogens with one attached hydrogen (secondary N) is 1. The summed E-state index contributed by atoms with van der Waals surface area (Å²) in [5.74, 6) is 0.852. The number of rotatable bonds is 2. The van der Waals surface area contributed by atoms with Crippen LogP contribution in [0.15, 0.2) is 29.4 Å². The minimum absolute atomic E-state index is 0.126. The molecule has 14 heavy (non-hydrogen) atoms. The number of hydrogen-bond acceptors (Lipinski definition) is 5. The molecule has 1 aliphatic heterocycles. The number of thioether (sulfide) groups is 1. The lowest BCUT2D eigenvalue weighted by Gasteiger charge is -2.09. The first-order valence-corrected chi connectivity index (χ1v) is 5.07. The quantitative estimate of drug-likeness (QED) is 0.770. The molecular weight excluding hydrogens is 198 g/mol. The summed E-state index contributed by atoms with van der Waals surface area (Å²) < 4.78 is 5.07. The number of ether oxygens (including phenoxy) is 1. The van der Waals surface area contributed by atoms with Crippen LogP contribution < -0.4 is 15.9 Å². The molecule has 1 aromatic carbocycles. The molecule has 1 unspecified atom stereocenters. The molecule has 1 heterocycles. The van der Waals surface area contributed by atoms with Gasteiger partial charge in [0.25, 0.3) is 0 Å². The average Bonchev–Trinajstić information content (AvgIpc) is 2.65. The lowest BCUT2D eigenvalue weighted by atomic mass is 10.2. The Morgan fingerprint density at radius 1 is 1.43 bits per heavy atom. The van der Waals surface area contributed by atoms with Crippen molar-refractivity contribution < 1.29 is 4.74 Å². The van der Waals surface area contributed by atoms with Crippen molar-refractivity contribution >= 4 is 16.9 Å². The third kappa shape index (κ3) is 1.77. The Balaban J connectivity index is 2.11. The fraction of sp³-hybridized carbons (Fsp3) is 0.222. The molecule has 0 bridgehead atoms. The lowest BCUT2D eigenvalue weighted by Crippen LogP contribution is -2.06. The van der Waals surface area contributed by atoms with Gasteiger partial charge in [-0.05, 0) is 17.7 Å². The minimum Gasteiger partial charge on any atom is -0.497 e. The summed E-state index contributed by atoms with van der Waals surface area (Å²) >= 11 is 1.51. The average molecular weight is 209 g/mol. The zero-order chi connectivity index (χ0) is 9.97. The first-order chi connectivity index (χ1) is 6.79. The van der Waals surface area contributed by atoms with Crippen molar-refractivity contribution in [2.24, 2.45) is 10.8 Å². The van der Waals surface area contributed by atoms with Crippen molar-refractivity contribution in [2.75, 3.05) is 7.11 Å². The minimum atomic E-state index is 0.126. The monoisotopic (exact) mass is 209 g/mol. The van der Waals surface area contributed by atoms with Crippen LogP contribution in [0.1, 0.15) is 10.9 Å². The van der Waals surface area contributed by atoms with Gasteiger partial charge in [-0.25, -0.2) is 0 Å². The highest BCUT2D eigenvalue weighted by Gasteiger charge is 2.18. The first-order valence-electron chi connectivity index (χ1n) is 4.19. The van der Waals surface area contributed by atoms with Gasteiger partial charge in [-0.1, -0.05) is 23.9 Å². The van der Waals surface area contributed by atoms with Crippen molar-refractivity contribution in [2.45, 2.75) is 5.37 Å². The standard InChI is InChI=1S/C9H11N3OS/c1-13-7-4-2-6(3-5-7)8-11-12-9(10)14-8/h2-5,8,11H,1H3,(H2,10,12). The molecule has 0 aliphatic carbocycles. The van der Waals surface area contributed by atoms with Crippen molar-refractivity contribution in [3.63, 3.8) is 0 Å². The van der Waals surface area contributed by atoms with E-state index in [1.54, 1.807) is 7.11 Å². The van der Waals surface area contributed by atoms with Gasteiger partial charge in [-0.15, -0.1) is 0 Å². The predicted octanol–water partition coefficient (Wildman–Crippen LogP) is 1.26. The number of methoxy groups -OCH3 is 1. The van der Waals surface area contributed by atoms with E-state index in [-0.39, 0.29) is 5.37 Å². The van der Waals surface area contributed by atoms with Crippen LogP contribution in [0.4, 0.5) is 0 Å². The van der Waals surface area contributed by atoms with Crippen LogP contribution in [0.5, 0.6) is 5.75 Å². The van der Waals surface area contributed by atoms with E-state index in [0.29, 0.717) is 5.17 Å². The summed E-state index contributed by atoms with van der Waals surface area (Å²) in [6.45, 7) is 0. The smallest absolute Gasteiger partial charge is 0.180 e. The van der Waals surface area contributed by atoms with Gasteiger partial charge in [-0.2, -0.15) is 5.10 Å². The number of hydrogen-bond donors (Lipinski definition) is 2. The zero-order valence-electron chi connectivity index (χ0n) is 7.73. The van der Waals surface area contributed by atoms with Crippen LogP contribution in [0, 0.1) is 0 Å². The van der Waals surface area contributed by atoms with E-state index in [9.17, 15) is 0 Å². The van der Waals surface area contributed by atoms with E-state index in [4.69, 9.17) is 10.5 Å². The largest absolute Gasteiger partial charge is 0.497 e. The van der Waals surface area contributed by atoms with E-state index < -0.39 is 0 Å². The van der Waals surface area contributed by atoms with E-state index in [2.05, 4.69) is 10.5 Å². The molecule has 0 saturated heterocycles. The first kappa shape index (κ1) is 9.21. The maximum atomic E-state index is 5.54. The third-order valence-electron chi connectivity index (χ3n) is 1.95. The molecule has 0 aromatic heterocycles. The molecular formula is C9H11N3OS. The molecule has 0 fully saturated rings. The van der Waals surface area contributed by atoms with Crippen molar-refractivity contribution in [1.82, 2.24) is 5.43 Å². The van der Waals surface area contributed by atoms with Crippen molar-refractivity contribution in [3.05, 3.63) is 29.8 Å². The number of benzene rings is 1. The lowest BCUT2D eigenvalue weighted by molar-refractivity contribution is 0.414. The molecule has 0 spiro atoms. The van der Waals surface area contributed by atoms with Crippen LogP contribution in [-0.4, -0.2) is 12.3 Å². The molecule has 5 heteroatoms. The molecule has 1 aliphatic rings. The topological polar surface area (TPSA) is 59.6 Å². The SMILES string of the molecule is COc1ccc(C2NN=C(N)S2)cc1. The fourth-order valence-electron chi connectivity index (χ4n) is 1.22. The second-order valence-electron chi connectivity index (χ2n) is 2.85. The van der Waals surface area contributed by atoms with Crippen LogP contribution in [0.3, 0.4) is 0 Å². The van der Waals surface area contributed by atoms with Crippen LogP contribution in [0.25, 0.3) is 0 Å². The Bertz CT molecular complexity index is 350. The summed E-state index contributed by atoms with van der Waals surface area (Å²) in [6.07, 6.45) is 0. The number of nitrogens with zero attached hydrogens (tertiary/aromatic N) is 1. The maximum absolute atomic E-state index is 5.54. The van der Waals surface area contributed by atoms with Gasteiger partial charge in [0, 0.05) is 0 Å². The Hall–Kier alpha value is -1.36. The van der Waals surface area contributed by atoms with Crippen molar-refractivity contribution in [3.8, 4) is 5.75 Å². The van der Waals surface area contributed by atoms with E-state index in [1.165, 1.54) is 11.8 Å². The maximum Gasteiger partial charge on any atom is 0.180 e. The molecule has 74 valence electrons. The highest BCUT2D eigenvalue weighted by atomic mass is 32.2. The number of hydrazone groups is 1. The molecule has 2 rings (SSSR count). The molecule has 0 amide bonds. The Kier molecular flexibility index (Phi) is 2.49. The fourth-order valence-corrected chi connectivity index (χ4v) is 1.96. The highest BCUT2D eigenvalue weighted by molar-refractivity contribution is 8.14. The predicted molar refractivity (Wildman–Crippen MR) is 58.1 cm³/mol. The molecule has 1 aromatic rings. The second kappa shape index (κ2) is 3.79. The molecule has 3 N–H and O–H groups in total. The van der Waals surface area contributed by atoms with Gasteiger partial charge in [-0.3, -0.25) is 5.43 Å². The molecule has 4 nitrogen and oxygen atoms in total. The summed E-state index contributed by atoms with van der Waals surface area (Å²) in [6, 6.07) is 7.84. The van der Waals surface area contributed by atoms with E-state index in [0.717, 1.165) is 11.3 Å². The highest BCUT2D eigenvalue weighted by Crippen LogP contribution is 2.30. The third-order valence-corrected chi connectivity index (χ3v) is 2.90. The second-order valence-corrected chi connectivity index (χ2v) is 3.98. The van der Waals surface area contributed by atoms with Gasteiger partial charge in [0.1, 0.15) is 11.1 Å². The molecule has 0 saturated carbocycles. The molecule has 0 radical (unpaired) electrons. The van der Waals surface area contributed by atoms with Gasteiger partial charge < -0.3 is 10.5 Å². The number of amidine groups is 1. The Labute approximate surface area is 86.5 Å². The zero-order valence-corrected chi connectivity index (χ0v) is 8.54. The Morgan fingerprint density at radius 2 is 2.14 bits per heavy atom. The molecule has 1 atom stereocenters. The van der Waals surface area contributed by atoms with Crippen LogP contribution in [-0.2, 0) is 0 Å². The van der Waals surface area contributed by atoms with E-state index >= 15 is 0 Å². The van der Waals surface area contributed by atoms with Gasteiger partial charge in [0.15, 0.2) is 5.17 Å². The van der Waals surface area contributed by atoms with Gasteiger partial charge in [0.05, 0.1) is 7.11 Å². The van der Waals surface area contributed by atoms with Crippen LogP contribution >= 0.6 is 11.8 Å². The van der Waals surface area contributed by atoms with Crippen LogP contribution in [0.2, 0.25) is 0 Å². The Morgan fingerprint density at radius 3 is 2.64 bits per heavy atom. The summed E-state index contributed by atoms with van der Waals surface area (Å²) in [5.41, 5.74) is 9.63.